The zero-order valence-corrected chi connectivity index (χ0v) is 15.9. The zero-order chi connectivity index (χ0) is 19.6. The van der Waals surface area contributed by atoms with Crippen LogP contribution in [0.15, 0.2) is 56.6 Å². The van der Waals surface area contributed by atoms with Crippen LogP contribution >= 0.6 is 0 Å². The van der Waals surface area contributed by atoms with Crippen LogP contribution in [-0.2, 0) is 21.8 Å². The summed E-state index contributed by atoms with van der Waals surface area (Å²) < 4.78 is 44.9. The standard InChI is InChI=1S/C18H20N2O6S/c1-20-14-10-12(8-9-16(14)26-18(20)21)27(22,23)19-11-17(25-3)13-6-4-5-7-15(13)24-2/h4-10,17,19H,11H2,1-3H3. The minimum atomic E-state index is -3.82. The van der Waals surface area contributed by atoms with Crippen molar-refractivity contribution >= 4 is 21.1 Å². The lowest BCUT2D eigenvalue weighted by Gasteiger charge is -2.19. The first-order valence-corrected chi connectivity index (χ1v) is 9.60. The Morgan fingerprint density at radius 2 is 1.93 bits per heavy atom. The van der Waals surface area contributed by atoms with E-state index >= 15 is 0 Å². The van der Waals surface area contributed by atoms with Crippen LogP contribution in [-0.4, -0.2) is 33.7 Å². The van der Waals surface area contributed by atoms with Gasteiger partial charge in [-0.15, -0.1) is 0 Å². The summed E-state index contributed by atoms with van der Waals surface area (Å²) in [7, 11) is 0.735. The third kappa shape index (κ3) is 3.75. The number of fused-ring (bicyclic) bond motifs is 1. The first-order valence-electron chi connectivity index (χ1n) is 8.12. The molecule has 3 rings (SSSR count). The highest BCUT2D eigenvalue weighted by atomic mass is 32.2. The molecule has 0 radical (unpaired) electrons. The van der Waals surface area contributed by atoms with Crippen LogP contribution in [0.3, 0.4) is 0 Å². The van der Waals surface area contributed by atoms with Crippen molar-refractivity contribution in [1.82, 2.24) is 9.29 Å². The number of methoxy groups -OCH3 is 2. The molecule has 3 aromatic rings. The Kier molecular flexibility index (Phi) is 5.36. The van der Waals surface area contributed by atoms with Crippen LogP contribution < -0.4 is 15.2 Å². The molecule has 144 valence electrons. The maximum absolute atomic E-state index is 12.7. The number of ether oxygens (including phenoxy) is 2. The lowest BCUT2D eigenvalue weighted by molar-refractivity contribution is 0.105. The van der Waals surface area contributed by atoms with Crippen molar-refractivity contribution in [1.29, 1.82) is 0 Å². The van der Waals surface area contributed by atoms with Crippen LogP contribution in [0.5, 0.6) is 5.75 Å². The normalized spacial score (nSPS) is 13.0. The van der Waals surface area contributed by atoms with Gasteiger partial charge in [0.1, 0.15) is 5.75 Å². The summed E-state index contributed by atoms with van der Waals surface area (Å²) in [5.74, 6) is 0.0569. The number of rotatable bonds is 7. The van der Waals surface area contributed by atoms with Crippen molar-refractivity contribution in [2.45, 2.75) is 11.0 Å². The van der Waals surface area contributed by atoms with E-state index in [2.05, 4.69) is 4.72 Å². The Morgan fingerprint density at radius 1 is 1.19 bits per heavy atom. The maximum Gasteiger partial charge on any atom is 0.419 e. The number of nitrogens with zero attached hydrogens (tertiary/aromatic N) is 1. The van der Waals surface area contributed by atoms with E-state index in [0.29, 0.717) is 16.8 Å². The minimum absolute atomic E-state index is 0.0154. The first kappa shape index (κ1) is 19.2. The van der Waals surface area contributed by atoms with Crippen LogP contribution in [0.4, 0.5) is 0 Å². The molecule has 0 bridgehead atoms. The van der Waals surface area contributed by atoms with E-state index in [0.717, 1.165) is 5.56 Å². The molecule has 0 aliphatic carbocycles. The van der Waals surface area contributed by atoms with E-state index in [1.165, 1.54) is 36.9 Å². The summed E-state index contributed by atoms with van der Waals surface area (Å²) in [6, 6.07) is 11.5. The molecule has 27 heavy (non-hydrogen) atoms. The van der Waals surface area contributed by atoms with Crippen LogP contribution in [0.25, 0.3) is 11.1 Å². The fraction of sp³-hybridized carbons (Fsp3) is 0.278. The van der Waals surface area contributed by atoms with Gasteiger partial charge in [0, 0.05) is 26.3 Å². The fourth-order valence-electron chi connectivity index (χ4n) is 2.80. The Balaban J connectivity index is 1.85. The molecule has 1 aromatic heterocycles. The molecule has 8 nitrogen and oxygen atoms in total. The predicted molar refractivity (Wildman–Crippen MR) is 99.4 cm³/mol. The van der Waals surface area contributed by atoms with E-state index in [-0.39, 0.29) is 11.4 Å². The summed E-state index contributed by atoms with van der Waals surface area (Å²) in [4.78, 5) is 11.6. The molecule has 0 saturated carbocycles. The van der Waals surface area contributed by atoms with Gasteiger partial charge in [-0.2, -0.15) is 0 Å². The molecule has 0 amide bonds. The molecule has 1 atom stereocenters. The number of aryl methyl sites for hydroxylation is 1. The van der Waals surface area contributed by atoms with E-state index in [9.17, 15) is 13.2 Å². The van der Waals surface area contributed by atoms with E-state index in [4.69, 9.17) is 13.9 Å². The Labute approximate surface area is 156 Å². The second-order valence-corrected chi connectivity index (χ2v) is 7.64. The second kappa shape index (κ2) is 7.55. The van der Waals surface area contributed by atoms with Crippen molar-refractivity contribution in [2.24, 2.45) is 7.05 Å². The molecular weight excluding hydrogens is 372 g/mol. The van der Waals surface area contributed by atoms with Gasteiger partial charge in [-0.3, -0.25) is 4.57 Å². The number of hydrogen-bond acceptors (Lipinski definition) is 6. The van der Waals surface area contributed by atoms with Crippen molar-refractivity contribution in [3.8, 4) is 5.75 Å². The monoisotopic (exact) mass is 392 g/mol. The van der Waals surface area contributed by atoms with Crippen molar-refractivity contribution < 1.29 is 22.3 Å². The van der Waals surface area contributed by atoms with Gasteiger partial charge in [-0.25, -0.2) is 17.9 Å². The minimum Gasteiger partial charge on any atom is -0.496 e. The molecule has 1 heterocycles. The van der Waals surface area contributed by atoms with Gasteiger partial charge in [0.15, 0.2) is 5.58 Å². The molecular formula is C18H20N2O6S. The van der Waals surface area contributed by atoms with Crippen molar-refractivity contribution in [3.05, 3.63) is 58.6 Å². The molecule has 0 aliphatic heterocycles. The molecule has 9 heteroatoms. The summed E-state index contributed by atoms with van der Waals surface area (Å²) in [6.07, 6.45) is -0.530. The number of nitrogens with one attached hydrogen (secondary N) is 1. The van der Waals surface area contributed by atoms with Gasteiger partial charge >= 0.3 is 5.76 Å². The number of para-hydroxylation sites is 1. The summed E-state index contributed by atoms with van der Waals surface area (Å²) in [5.41, 5.74) is 1.46. The summed E-state index contributed by atoms with van der Waals surface area (Å²) in [6.45, 7) is 0.0154. The molecule has 1 unspecified atom stereocenters. The largest absolute Gasteiger partial charge is 0.496 e. The van der Waals surface area contributed by atoms with Crippen LogP contribution in [0, 0.1) is 0 Å². The first-order chi connectivity index (χ1) is 12.9. The quantitative estimate of drug-likeness (QED) is 0.658. The smallest absolute Gasteiger partial charge is 0.419 e. The molecule has 1 N–H and O–H groups in total. The number of hydrogen-bond donors (Lipinski definition) is 1. The van der Waals surface area contributed by atoms with Gasteiger partial charge in [0.05, 0.1) is 23.6 Å². The van der Waals surface area contributed by atoms with Gasteiger partial charge in [-0.1, -0.05) is 18.2 Å². The molecule has 0 saturated heterocycles. The van der Waals surface area contributed by atoms with Gasteiger partial charge in [0.2, 0.25) is 10.0 Å². The van der Waals surface area contributed by atoms with Crippen LogP contribution in [0.2, 0.25) is 0 Å². The highest BCUT2D eigenvalue weighted by Crippen LogP contribution is 2.27. The maximum atomic E-state index is 12.7. The lowest BCUT2D eigenvalue weighted by atomic mass is 10.1. The third-order valence-corrected chi connectivity index (χ3v) is 5.72. The highest BCUT2D eigenvalue weighted by molar-refractivity contribution is 7.89. The molecule has 0 spiro atoms. The second-order valence-electron chi connectivity index (χ2n) is 5.87. The molecule has 2 aromatic carbocycles. The fourth-order valence-corrected chi connectivity index (χ4v) is 3.85. The average molecular weight is 392 g/mol. The third-order valence-electron chi connectivity index (χ3n) is 4.30. The highest BCUT2D eigenvalue weighted by Gasteiger charge is 2.21. The zero-order valence-electron chi connectivity index (χ0n) is 15.1. The predicted octanol–water partition coefficient (Wildman–Crippen LogP) is 1.81. The molecule has 0 fully saturated rings. The average Bonchev–Trinajstić information content (AvgIpc) is 2.96. The number of sulfonamides is 1. The van der Waals surface area contributed by atoms with E-state index < -0.39 is 21.9 Å². The lowest BCUT2D eigenvalue weighted by Crippen LogP contribution is -2.29. The molecule has 0 aliphatic rings. The Hall–Kier alpha value is -2.62. The number of oxazole rings is 1. The van der Waals surface area contributed by atoms with Gasteiger partial charge in [-0.05, 0) is 24.3 Å². The van der Waals surface area contributed by atoms with Crippen molar-refractivity contribution in [3.63, 3.8) is 0 Å². The van der Waals surface area contributed by atoms with Gasteiger partial charge < -0.3 is 13.9 Å². The van der Waals surface area contributed by atoms with E-state index in [1.54, 1.807) is 13.2 Å². The number of aromatic nitrogens is 1. The van der Waals surface area contributed by atoms with E-state index in [1.807, 2.05) is 18.2 Å². The summed E-state index contributed by atoms with van der Waals surface area (Å²) >= 11 is 0. The number of benzene rings is 2. The topological polar surface area (TPSA) is 99.8 Å². The Bertz CT molecular complexity index is 1120. The Morgan fingerprint density at radius 3 is 2.63 bits per heavy atom. The van der Waals surface area contributed by atoms with Crippen LogP contribution in [0.1, 0.15) is 11.7 Å². The summed E-state index contributed by atoms with van der Waals surface area (Å²) in [5, 5.41) is 0. The van der Waals surface area contributed by atoms with Gasteiger partial charge in [0.25, 0.3) is 0 Å². The SMILES string of the molecule is COc1ccccc1C(CNS(=O)(=O)c1ccc2oc(=O)n(C)c2c1)OC. The van der Waals surface area contributed by atoms with Crippen molar-refractivity contribution in [2.75, 3.05) is 20.8 Å².